The summed E-state index contributed by atoms with van der Waals surface area (Å²) in [5, 5.41) is 2.67. The summed E-state index contributed by atoms with van der Waals surface area (Å²) in [5.74, 6) is 0.903. The van der Waals surface area contributed by atoms with Crippen molar-refractivity contribution in [2.45, 2.75) is 6.42 Å². The van der Waals surface area contributed by atoms with Crippen LogP contribution >= 0.6 is 0 Å². The van der Waals surface area contributed by atoms with Crippen molar-refractivity contribution in [1.29, 1.82) is 0 Å². The predicted molar refractivity (Wildman–Crippen MR) is 81.6 cm³/mol. The molecule has 0 saturated heterocycles. The third-order valence-corrected chi connectivity index (χ3v) is 3.23. The summed E-state index contributed by atoms with van der Waals surface area (Å²) in [5.41, 5.74) is 0.552. The van der Waals surface area contributed by atoms with E-state index >= 15 is 0 Å². The van der Waals surface area contributed by atoms with E-state index in [2.05, 4.69) is 5.32 Å². The van der Waals surface area contributed by atoms with Gasteiger partial charge in [-0.05, 0) is 24.3 Å². The molecule has 3 rings (SSSR count). The number of carbonyl (C=O) groups is 2. The maximum Gasteiger partial charge on any atom is 0.312 e. The predicted octanol–water partition coefficient (Wildman–Crippen LogP) is 2.14. The Bertz CT molecular complexity index is 714. The molecule has 0 bridgehead atoms. The maximum atomic E-state index is 11.8. The molecule has 1 amide bonds. The Morgan fingerprint density at radius 2 is 1.83 bits per heavy atom. The van der Waals surface area contributed by atoms with Crippen LogP contribution in [0.5, 0.6) is 17.2 Å². The maximum absolute atomic E-state index is 11.8. The topological polar surface area (TPSA) is 73.9 Å². The number of hydrogen-bond donors (Lipinski definition) is 1. The molecule has 1 aliphatic heterocycles. The second-order valence-corrected chi connectivity index (χ2v) is 4.86. The molecule has 118 valence electrons. The minimum atomic E-state index is -0.433. The van der Waals surface area contributed by atoms with Crippen molar-refractivity contribution in [1.82, 2.24) is 5.32 Å². The van der Waals surface area contributed by atoms with Crippen molar-refractivity contribution in [2.24, 2.45) is 0 Å². The molecule has 0 unspecified atom stereocenters. The molecule has 0 radical (unpaired) electrons. The van der Waals surface area contributed by atoms with Crippen LogP contribution in [0.15, 0.2) is 48.5 Å². The van der Waals surface area contributed by atoms with Gasteiger partial charge in [-0.25, -0.2) is 0 Å². The molecule has 1 heterocycles. The Hall–Kier alpha value is -3.02. The van der Waals surface area contributed by atoms with Crippen LogP contribution in [0.25, 0.3) is 0 Å². The zero-order valence-electron chi connectivity index (χ0n) is 12.3. The number of ether oxygens (including phenoxy) is 3. The first-order valence-corrected chi connectivity index (χ1v) is 7.16. The van der Waals surface area contributed by atoms with Crippen LogP contribution in [-0.2, 0) is 4.79 Å². The summed E-state index contributed by atoms with van der Waals surface area (Å²) in [6, 6.07) is 13.7. The molecule has 0 fully saturated rings. The van der Waals surface area contributed by atoms with Gasteiger partial charge in [0.25, 0.3) is 5.91 Å². The van der Waals surface area contributed by atoms with Crippen LogP contribution in [0.1, 0.15) is 16.8 Å². The highest BCUT2D eigenvalue weighted by Gasteiger charge is 2.15. The number of rotatable bonds is 5. The van der Waals surface area contributed by atoms with Crippen molar-refractivity contribution in [3.63, 3.8) is 0 Å². The van der Waals surface area contributed by atoms with E-state index in [4.69, 9.17) is 14.2 Å². The SMILES string of the molecule is O=C(CCNC(=O)c1ccccc1)Oc1ccc2c(c1)OCO2. The van der Waals surface area contributed by atoms with Gasteiger partial charge in [0.15, 0.2) is 11.5 Å². The average Bonchev–Trinajstić information content (AvgIpc) is 3.03. The first-order chi connectivity index (χ1) is 11.2. The molecule has 23 heavy (non-hydrogen) atoms. The lowest BCUT2D eigenvalue weighted by molar-refractivity contribution is -0.134. The summed E-state index contributed by atoms with van der Waals surface area (Å²) >= 11 is 0. The quantitative estimate of drug-likeness (QED) is 0.676. The van der Waals surface area contributed by atoms with Gasteiger partial charge < -0.3 is 19.5 Å². The molecule has 6 heteroatoms. The van der Waals surface area contributed by atoms with Crippen molar-refractivity contribution in [2.75, 3.05) is 13.3 Å². The fourth-order valence-electron chi connectivity index (χ4n) is 2.09. The minimum absolute atomic E-state index is 0.0764. The first-order valence-electron chi connectivity index (χ1n) is 7.16. The van der Waals surface area contributed by atoms with Crippen LogP contribution in [0.4, 0.5) is 0 Å². The van der Waals surface area contributed by atoms with Gasteiger partial charge in [0.05, 0.1) is 6.42 Å². The molecule has 2 aromatic carbocycles. The van der Waals surface area contributed by atoms with E-state index in [9.17, 15) is 9.59 Å². The van der Waals surface area contributed by atoms with Crippen molar-refractivity contribution in [3.05, 3.63) is 54.1 Å². The van der Waals surface area contributed by atoms with Gasteiger partial charge >= 0.3 is 5.97 Å². The normalized spacial score (nSPS) is 11.8. The molecule has 2 aromatic rings. The molecule has 0 aromatic heterocycles. The largest absolute Gasteiger partial charge is 0.454 e. The number of benzene rings is 2. The molecule has 1 N–H and O–H groups in total. The highest BCUT2D eigenvalue weighted by molar-refractivity contribution is 5.94. The van der Waals surface area contributed by atoms with E-state index in [0.29, 0.717) is 22.8 Å². The third-order valence-electron chi connectivity index (χ3n) is 3.23. The zero-order chi connectivity index (χ0) is 16.1. The lowest BCUT2D eigenvalue weighted by Crippen LogP contribution is -2.27. The Morgan fingerprint density at radius 1 is 1.04 bits per heavy atom. The summed E-state index contributed by atoms with van der Waals surface area (Å²) in [6.07, 6.45) is 0.0764. The second kappa shape index (κ2) is 6.83. The Balaban J connectivity index is 1.46. The van der Waals surface area contributed by atoms with Gasteiger partial charge in [0, 0.05) is 18.2 Å². The van der Waals surface area contributed by atoms with Crippen molar-refractivity contribution in [3.8, 4) is 17.2 Å². The fourth-order valence-corrected chi connectivity index (χ4v) is 2.09. The monoisotopic (exact) mass is 313 g/mol. The summed E-state index contributed by atoms with van der Waals surface area (Å²) in [4.78, 5) is 23.6. The van der Waals surface area contributed by atoms with E-state index in [1.54, 1.807) is 42.5 Å². The highest BCUT2D eigenvalue weighted by atomic mass is 16.7. The molecule has 0 aliphatic carbocycles. The molecule has 0 atom stereocenters. The van der Waals surface area contributed by atoms with Gasteiger partial charge in [-0.1, -0.05) is 18.2 Å². The summed E-state index contributed by atoms with van der Waals surface area (Å²) in [6.45, 7) is 0.370. The average molecular weight is 313 g/mol. The highest BCUT2D eigenvalue weighted by Crippen LogP contribution is 2.35. The van der Waals surface area contributed by atoms with Crippen LogP contribution in [0.3, 0.4) is 0 Å². The lowest BCUT2D eigenvalue weighted by atomic mass is 10.2. The number of fused-ring (bicyclic) bond motifs is 1. The first kappa shape index (κ1) is 14.9. The Kier molecular flexibility index (Phi) is 4.42. The lowest BCUT2D eigenvalue weighted by Gasteiger charge is -2.06. The molecule has 6 nitrogen and oxygen atoms in total. The third kappa shape index (κ3) is 3.79. The zero-order valence-corrected chi connectivity index (χ0v) is 12.3. The molecular weight excluding hydrogens is 298 g/mol. The molecule has 0 spiro atoms. The van der Waals surface area contributed by atoms with E-state index in [0.717, 1.165) is 0 Å². The van der Waals surface area contributed by atoms with Crippen LogP contribution in [0.2, 0.25) is 0 Å². The van der Waals surface area contributed by atoms with E-state index in [-0.39, 0.29) is 25.7 Å². The van der Waals surface area contributed by atoms with Crippen molar-refractivity contribution < 1.29 is 23.8 Å². The van der Waals surface area contributed by atoms with E-state index < -0.39 is 5.97 Å². The van der Waals surface area contributed by atoms with Gasteiger partial charge in [-0.3, -0.25) is 9.59 Å². The van der Waals surface area contributed by atoms with Crippen LogP contribution in [0, 0.1) is 0 Å². The smallest absolute Gasteiger partial charge is 0.312 e. The molecule has 0 saturated carbocycles. The number of amides is 1. The van der Waals surface area contributed by atoms with Crippen molar-refractivity contribution >= 4 is 11.9 Å². The van der Waals surface area contributed by atoms with E-state index in [1.807, 2.05) is 6.07 Å². The number of hydrogen-bond acceptors (Lipinski definition) is 5. The number of esters is 1. The standard InChI is InChI=1S/C17H15NO5/c19-16(8-9-18-17(20)12-4-2-1-3-5-12)23-13-6-7-14-15(10-13)22-11-21-14/h1-7,10H,8-9,11H2,(H,18,20). The fraction of sp³-hybridized carbons (Fsp3) is 0.176. The van der Waals surface area contributed by atoms with Gasteiger partial charge in [0.2, 0.25) is 6.79 Å². The van der Waals surface area contributed by atoms with Gasteiger partial charge in [0.1, 0.15) is 5.75 Å². The summed E-state index contributed by atoms with van der Waals surface area (Å²) < 4.78 is 15.6. The number of nitrogens with one attached hydrogen (secondary N) is 1. The van der Waals surface area contributed by atoms with E-state index in [1.165, 1.54) is 0 Å². The van der Waals surface area contributed by atoms with Crippen LogP contribution in [-0.4, -0.2) is 25.2 Å². The second-order valence-electron chi connectivity index (χ2n) is 4.86. The molecular formula is C17H15NO5. The van der Waals surface area contributed by atoms with Crippen LogP contribution < -0.4 is 19.5 Å². The molecule has 1 aliphatic rings. The Morgan fingerprint density at radius 3 is 2.65 bits per heavy atom. The number of carbonyl (C=O) groups excluding carboxylic acids is 2. The minimum Gasteiger partial charge on any atom is -0.454 e. The van der Waals surface area contributed by atoms with Gasteiger partial charge in [-0.15, -0.1) is 0 Å². The Labute approximate surface area is 133 Å². The summed E-state index contributed by atoms with van der Waals surface area (Å²) in [7, 11) is 0. The van der Waals surface area contributed by atoms with Gasteiger partial charge in [-0.2, -0.15) is 0 Å².